The van der Waals surface area contributed by atoms with E-state index in [-0.39, 0.29) is 32.3 Å². The molecule has 0 aromatic rings. The fraction of sp³-hybridized carbons (Fsp3) is 0.700. The molecule has 2 amide bonds. The zero-order valence-corrected chi connectivity index (χ0v) is 9.55. The average molecular weight is 245 g/mol. The van der Waals surface area contributed by atoms with Gasteiger partial charge in [0.15, 0.2) is 0 Å². The number of rotatable bonds is 6. The third-order valence-corrected chi connectivity index (χ3v) is 2.41. The molecular weight excluding hydrogens is 230 g/mol. The van der Waals surface area contributed by atoms with Gasteiger partial charge in [0.05, 0.1) is 19.1 Å². The van der Waals surface area contributed by atoms with Gasteiger partial charge in [0.25, 0.3) is 11.8 Å². The monoisotopic (exact) mass is 245 g/mol. The Balaban J connectivity index is 2.34. The fourth-order valence-corrected chi connectivity index (χ4v) is 1.37. The Morgan fingerprint density at radius 1 is 1.41 bits per heavy atom. The molecule has 0 aromatic heterocycles. The summed E-state index contributed by atoms with van der Waals surface area (Å²) in [5.74, 6) is -1.70. The third-order valence-electron chi connectivity index (χ3n) is 2.41. The standard InChI is InChI=1S/C10H15NO6/c1-16-7(6-12)2-5-10(15)17-11-8(13)3-4-9(11)14/h7,12H,2-6H2,1H3. The highest BCUT2D eigenvalue weighted by molar-refractivity contribution is 6.01. The Morgan fingerprint density at radius 2 is 2.00 bits per heavy atom. The highest BCUT2D eigenvalue weighted by Crippen LogP contribution is 2.13. The Hall–Kier alpha value is -1.47. The Morgan fingerprint density at radius 3 is 2.47 bits per heavy atom. The van der Waals surface area contributed by atoms with E-state index in [1.165, 1.54) is 7.11 Å². The van der Waals surface area contributed by atoms with Crippen LogP contribution in [0.5, 0.6) is 0 Å². The molecule has 1 fully saturated rings. The lowest BCUT2D eigenvalue weighted by Gasteiger charge is -2.14. The van der Waals surface area contributed by atoms with Gasteiger partial charge in [-0.2, -0.15) is 0 Å². The number of hydrogen-bond donors (Lipinski definition) is 1. The van der Waals surface area contributed by atoms with E-state index in [9.17, 15) is 14.4 Å². The summed E-state index contributed by atoms with van der Waals surface area (Å²) in [7, 11) is 1.42. The number of amides is 2. The summed E-state index contributed by atoms with van der Waals surface area (Å²) < 4.78 is 4.86. The smallest absolute Gasteiger partial charge is 0.333 e. The van der Waals surface area contributed by atoms with Crippen LogP contribution in [0.3, 0.4) is 0 Å². The van der Waals surface area contributed by atoms with E-state index in [1.54, 1.807) is 0 Å². The van der Waals surface area contributed by atoms with Crippen molar-refractivity contribution in [1.82, 2.24) is 5.06 Å². The van der Waals surface area contributed by atoms with E-state index in [0.717, 1.165) is 0 Å². The molecule has 0 aromatic carbocycles. The van der Waals surface area contributed by atoms with Crippen LogP contribution in [-0.4, -0.2) is 47.8 Å². The quantitative estimate of drug-likeness (QED) is 0.627. The second kappa shape index (κ2) is 6.31. The minimum absolute atomic E-state index is 0.0316. The van der Waals surface area contributed by atoms with Crippen molar-refractivity contribution in [1.29, 1.82) is 0 Å². The van der Waals surface area contributed by atoms with Crippen LogP contribution in [-0.2, 0) is 24.0 Å². The molecule has 0 bridgehead atoms. The van der Waals surface area contributed by atoms with Gasteiger partial charge >= 0.3 is 5.97 Å². The van der Waals surface area contributed by atoms with Gasteiger partial charge in [-0.3, -0.25) is 9.59 Å². The van der Waals surface area contributed by atoms with Crippen LogP contribution in [0, 0.1) is 0 Å². The van der Waals surface area contributed by atoms with Gasteiger partial charge in [0, 0.05) is 20.0 Å². The van der Waals surface area contributed by atoms with E-state index in [0.29, 0.717) is 5.06 Å². The summed E-state index contributed by atoms with van der Waals surface area (Å²) in [6.45, 7) is -0.203. The molecule has 1 unspecified atom stereocenters. The zero-order chi connectivity index (χ0) is 12.8. The van der Waals surface area contributed by atoms with Gasteiger partial charge in [-0.05, 0) is 6.42 Å². The molecule has 17 heavy (non-hydrogen) atoms. The third kappa shape index (κ3) is 3.79. The van der Waals surface area contributed by atoms with Gasteiger partial charge in [0.1, 0.15) is 0 Å². The van der Waals surface area contributed by atoms with Gasteiger partial charge < -0.3 is 14.7 Å². The first kappa shape index (κ1) is 13.6. The van der Waals surface area contributed by atoms with Crippen LogP contribution < -0.4 is 0 Å². The SMILES string of the molecule is COC(CO)CCC(=O)ON1C(=O)CCC1=O. The molecule has 0 spiro atoms. The molecular formula is C10H15NO6. The molecule has 1 atom stereocenters. The van der Waals surface area contributed by atoms with E-state index < -0.39 is 23.9 Å². The number of methoxy groups -OCH3 is 1. The molecule has 96 valence electrons. The van der Waals surface area contributed by atoms with Crippen molar-refractivity contribution >= 4 is 17.8 Å². The van der Waals surface area contributed by atoms with Crippen LogP contribution in [0.25, 0.3) is 0 Å². The van der Waals surface area contributed by atoms with Crippen LogP contribution in [0.1, 0.15) is 25.7 Å². The summed E-state index contributed by atoms with van der Waals surface area (Å²) in [5, 5.41) is 9.31. The second-order valence-electron chi connectivity index (χ2n) is 3.62. The van der Waals surface area contributed by atoms with Gasteiger partial charge in [-0.25, -0.2) is 4.79 Å². The molecule has 7 nitrogen and oxygen atoms in total. The number of aliphatic hydroxyl groups is 1. The number of carbonyl (C=O) groups is 3. The highest BCUT2D eigenvalue weighted by Gasteiger charge is 2.32. The first-order valence-electron chi connectivity index (χ1n) is 5.28. The normalized spacial score (nSPS) is 17.4. The summed E-state index contributed by atoms with van der Waals surface area (Å²) in [6.07, 6.45) is -0.0713. The largest absolute Gasteiger partial charge is 0.394 e. The number of imide groups is 1. The average Bonchev–Trinajstić information content (AvgIpc) is 2.62. The van der Waals surface area contributed by atoms with Crippen molar-refractivity contribution in [3.05, 3.63) is 0 Å². The molecule has 1 saturated heterocycles. The van der Waals surface area contributed by atoms with E-state index in [2.05, 4.69) is 4.84 Å². The maximum atomic E-state index is 11.3. The van der Waals surface area contributed by atoms with Crippen molar-refractivity contribution in [2.45, 2.75) is 31.8 Å². The number of nitrogens with zero attached hydrogens (tertiary/aromatic N) is 1. The maximum Gasteiger partial charge on any atom is 0.333 e. The fourth-order valence-electron chi connectivity index (χ4n) is 1.37. The lowest BCUT2D eigenvalue weighted by Crippen LogP contribution is -2.32. The molecule has 1 N–H and O–H groups in total. The molecule has 7 heteroatoms. The van der Waals surface area contributed by atoms with E-state index >= 15 is 0 Å². The lowest BCUT2D eigenvalue weighted by atomic mass is 10.2. The summed E-state index contributed by atoms with van der Waals surface area (Å²) in [6, 6.07) is 0. The maximum absolute atomic E-state index is 11.3. The molecule has 0 saturated carbocycles. The van der Waals surface area contributed by atoms with Gasteiger partial charge in [0.2, 0.25) is 0 Å². The summed E-state index contributed by atoms with van der Waals surface area (Å²) in [5.41, 5.74) is 0. The number of hydroxylamine groups is 2. The van der Waals surface area contributed by atoms with E-state index in [4.69, 9.17) is 9.84 Å². The Labute approximate surface area is 98.2 Å². The first-order chi connectivity index (χ1) is 8.08. The number of ether oxygens (including phenoxy) is 1. The topological polar surface area (TPSA) is 93.1 Å². The molecule has 1 rings (SSSR count). The number of aliphatic hydroxyl groups excluding tert-OH is 1. The molecule has 1 heterocycles. The van der Waals surface area contributed by atoms with Crippen LogP contribution in [0.4, 0.5) is 0 Å². The molecule has 0 radical (unpaired) electrons. The lowest BCUT2D eigenvalue weighted by molar-refractivity contribution is -0.197. The summed E-state index contributed by atoms with van der Waals surface area (Å²) >= 11 is 0. The van der Waals surface area contributed by atoms with Crippen molar-refractivity contribution in [2.75, 3.05) is 13.7 Å². The summed E-state index contributed by atoms with van der Waals surface area (Å²) in [4.78, 5) is 38.2. The van der Waals surface area contributed by atoms with Crippen molar-refractivity contribution in [3.63, 3.8) is 0 Å². The van der Waals surface area contributed by atoms with Gasteiger partial charge in [-0.1, -0.05) is 0 Å². The molecule has 0 aliphatic carbocycles. The second-order valence-corrected chi connectivity index (χ2v) is 3.62. The minimum Gasteiger partial charge on any atom is -0.394 e. The predicted octanol–water partition coefficient (Wildman–Crippen LogP) is -0.619. The van der Waals surface area contributed by atoms with E-state index in [1.807, 2.05) is 0 Å². The number of carbonyl (C=O) groups excluding carboxylic acids is 3. The van der Waals surface area contributed by atoms with Crippen LogP contribution in [0.15, 0.2) is 0 Å². The Kier molecular flexibility index (Phi) is 5.05. The first-order valence-corrected chi connectivity index (χ1v) is 5.28. The Bertz CT molecular complexity index is 296. The van der Waals surface area contributed by atoms with Crippen molar-refractivity contribution in [3.8, 4) is 0 Å². The van der Waals surface area contributed by atoms with Crippen LogP contribution in [0.2, 0.25) is 0 Å². The number of hydrogen-bond acceptors (Lipinski definition) is 6. The highest BCUT2D eigenvalue weighted by atomic mass is 16.7. The molecule has 1 aliphatic heterocycles. The van der Waals surface area contributed by atoms with Gasteiger partial charge in [-0.15, -0.1) is 5.06 Å². The van der Waals surface area contributed by atoms with Crippen molar-refractivity contribution in [2.24, 2.45) is 0 Å². The zero-order valence-electron chi connectivity index (χ0n) is 9.55. The minimum atomic E-state index is -0.691. The predicted molar refractivity (Wildman–Crippen MR) is 54.3 cm³/mol. The van der Waals surface area contributed by atoms with Crippen LogP contribution >= 0.6 is 0 Å². The van der Waals surface area contributed by atoms with Crippen molar-refractivity contribution < 1.29 is 29.1 Å². The molecule has 1 aliphatic rings.